The Balaban J connectivity index is 2.50. The van der Waals surface area contributed by atoms with Crippen LogP contribution in [0.4, 0.5) is 0 Å². The van der Waals surface area contributed by atoms with E-state index in [0.717, 1.165) is 12.8 Å². The molecule has 0 amide bonds. The lowest BCUT2D eigenvalue weighted by Crippen LogP contribution is -2.29. The van der Waals surface area contributed by atoms with E-state index < -0.39 is 10.0 Å². The molecule has 1 N–H and O–H groups in total. The third-order valence-electron chi connectivity index (χ3n) is 2.58. The van der Waals surface area contributed by atoms with E-state index in [1.165, 1.54) is 11.8 Å². The van der Waals surface area contributed by atoms with Crippen LogP contribution in [0.3, 0.4) is 0 Å². The topological polar surface area (TPSA) is 46.2 Å². The van der Waals surface area contributed by atoms with Gasteiger partial charge in [-0.15, -0.1) is 0 Å². The van der Waals surface area contributed by atoms with Gasteiger partial charge in [0.2, 0.25) is 10.0 Å². The summed E-state index contributed by atoms with van der Waals surface area (Å²) in [5.74, 6) is 0.358. The maximum absolute atomic E-state index is 11.0. The van der Waals surface area contributed by atoms with Gasteiger partial charge in [0.25, 0.3) is 0 Å². The van der Waals surface area contributed by atoms with Gasteiger partial charge in [0.15, 0.2) is 0 Å². The molecule has 0 heterocycles. The Bertz CT molecular complexity index is 400. The zero-order valence-electron chi connectivity index (χ0n) is 9.81. The van der Waals surface area contributed by atoms with Crippen LogP contribution < -0.4 is 4.72 Å². The second-order valence-corrected chi connectivity index (χ2v) is 5.92. The molecule has 1 aromatic carbocycles. The fourth-order valence-corrected chi connectivity index (χ4v) is 2.12. The Morgan fingerprint density at radius 1 is 1.25 bits per heavy atom. The van der Waals surface area contributed by atoms with Crippen molar-refractivity contribution in [3.8, 4) is 0 Å². The third kappa shape index (κ3) is 5.28. The first kappa shape index (κ1) is 13.2. The van der Waals surface area contributed by atoms with Crippen LogP contribution in [0, 0.1) is 5.92 Å². The van der Waals surface area contributed by atoms with E-state index in [2.05, 4.69) is 23.8 Å². The molecule has 0 fully saturated rings. The molecule has 1 aromatic rings. The highest BCUT2D eigenvalue weighted by atomic mass is 32.2. The average molecular weight is 241 g/mol. The minimum absolute atomic E-state index is 0.358. The Morgan fingerprint density at radius 2 is 1.88 bits per heavy atom. The minimum Gasteiger partial charge on any atom is -0.215 e. The summed E-state index contributed by atoms with van der Waals surface area (Å²) in [6.07, 6.45) is 3.08. The van der Waals surface area contributed by atoms with Crippen LogP contribution in [0.5, 0.6) is 0 Å². The van der Waals surface area contributed by atoms with Gasteiger partial charge in [0.1, 0.15) is 0 Å². The molecule has 0 aliphatic rings. The van der Waals surface area contributed by atoms with Crippen LogP contribution >= 0.6 is 0 Å². The molecule has 3 nitrogen and oxygen atoms in total. The van der Waals surface area contributed by atoms with Gasteiger partial charge in [-0.25, -0.2) is 13.1 Å². The molecule has 0 saturated carbocycles. The standard InChI is InChI=1S/C12H19NO2S/c1-3-11(10-13-16(2,14)15)9-12-7-5-4-6-8-12/h4-8,11,13H,3,9-10H2,1-2H3/t11-/m0/s1. The highest BCUT2D eigenvalue weighted by molar-refractivity contribution is 7.88. The fraction of sp³-hybridized carbons (Fsp3) is 0.500. The highest BCUT2D eigenvalue weighted by Crippen LogP contribution is 2.11. The SMILES string of the molecule is CC[C@H](CNS(C)(=O)=O)Cc1ccccc1. The molecule has 0 spiro atoms. The number of nitrogens with one attached hydrogen (secondary N) is 1. The van der Waals surface area contributed by atoms with Gasteiger partial charge >= 0.3 is 0 Å². The maximum atomic E-state index is 11.0. The number of benzene rings is 1. The van der Waals surface area contributed by atoms with Gasteiger partial charge in [-0.05, 0) is 17.9 Å². The first-order chi connectivity index (χ1) is 7.51. The van der Waals surface area contributed by atoms with Gasteiger partial charge in [-0.3, -0.25) is 0 Å². The first-order valence-corrected chi connectivity index (χ1v) is 7.39. The van der Waals surface area contributed by atoms with Crippen molar-refractivity contribution < 1.29 is 8.42 Å². The van der Waals surface area contributed by atoms with Gasteiger partial charge in [0.05, 0.1) is 6.26 Å². The maximum Gasteiger partial charge on any atom is 0.208 e. The molecule has 4 heteroatoms. The molecular formula is C12H19NO2S. The largest absolute Gasteiger partial charge is 0.215 e. The van der Waals surface area contributed by atoms with Crippen molar-refractivity contribution in [2.24, 2.45) is 5.92 Å². The normalized spacial score (nSPS) is 13.6. The highest BCUT2D eigenvalue weighted by Gasteiger charge is 2.10. The first-order valence-electron chi connectivity index (χ1n) is 5.50. The summed E-state index contributed by atoms with van der Waals surface area (Å²) in [6.45, 7) is 2.60. The predicted molar refractivity (Wildman–Crippen MR) is 66.8 cm³/mol. The monoisotopic (exact) mass is 241 g/mol. The Hall–Kier alpha value is -0.870. The van der Waals surface area contributed by atoms with Crippen molar-refractivity contribution in [3.05, 3.63) is 35.9 Å². The van der Waals surface area contributed by atoms with E-state index in [1.807, 2.05) is 18.2 Å². The summed E-state index contributed by atoms with van der Waals surface area (Å²) in [4.78, 5) is 0. The quantitative estimate of drug-likeness (QED) is 0.825. The summed E-state index contributed by atoms with van der Waals surface area (Å²) in [5, 5.41) is 0. The van der Waals surface area contributed by atoms with Gasteiger partial charge < -0.3 is 0 Å². The van der Waals surface area contributed by atoms with Crippen LogP contribution in [0.2, 0.25) is 0 Å². The number of rotatable bonds is 6. The molecule has 90 valence electrons. The molecule has 0 aliphatic heterocycles. The summed E-state index contributed by atoms with van der Waals surface area (Å²) in [6, 6.07) is 10.1. The third-order valence-corrected chi connectivity index (χ3v) is 3.27. The average Bonchev–Trinajstić information content (AvgIpc) is 2.24. The van der Waals surface area contributed by atoms with E-state index in [-0.39, 0.29) is 0 Å². The van der Waals surface area contributed by atoms with Crippen molar-refractivity contribution in [1.82, 2.24) is 4.72 Å². The van der Waals surface area contributed by atoms with E-state index in [1.54, 1.807) is 0 Å². The van der Waals surface area contributed by atoms with Crippen LogP contribution in [0.1, 0.15) is 18.9 Å². The van der Waals surface area contributed by atoms with E-state index in [9.17, 15) is 8.42 Å². The van der Waals surface area contributed by atoms with E-state index in [4.69, 9.17) is 0 Å². The molecule has 1 atom stereocenters. The van der Waals surface area contributed by atoms with E-state index in [0.29, 0.717) is 12.5 Å². The second kappa shape index (κ2) is 6.01. The van der Waals surface area contributed by atoms with Crippen LogP contribution in [0.25, 0.3) is 0 Å². The molecule has 0 saturated heterocycles. The fourth-order valence-electron chi connectivity index (χ4n) is 1.58. The summed E-state index contributed by atoms with van der Waals surface area (Å²) >= 11 is 0. The van der Waals surface area contributed by atoms with Crippen LogP contribution in [-0.2, 0) is 16.4 Å². The molecule has 0 radical (unpaired) electrons. The lowest BCUT2D eigenvalue weighted by atomic mass is 9.97. The second-order valence-electron chi connectivity index (χ2n) is 4.08. The summed E-state index contributed by atoms with van der Waals surface area (Å²) in [7, 11) is -3.07. The lowest BCUT2D eigenvalue weighted by Gasteiger charge is -2.14. The van der Waals surface area contributed by atoms with E-state index >= 15 is 0 Å². The summed E-state index contributed by atoms with van der Waals surface area (Å²) < 4.78 is 24.6. The van der Waals surface area contributed by atoms with Crippen molar-refractivity contribution in [3.63, 3.8) is 0 Å². The number of sulfonamides is 1. The summed E-state index contributed by atoms with van der Waals surface area (Å²) in [5.41, 5.74) is 1.25. The lowest BCUT2D eigenvalue weighted by molar-refractivity contribution is 0.491. The van der Waals surface area contributed by atoms with Gasteiger partial charge in [-0.2, -0.15) is 0 Å². The molecule has 0 bridgehead atoms. The van der Waals surface area contributed by atoms with Gasteiger partial charge in [0, 0.05) is 6.54 Å². The van der Waals surface area contributed by atoms with Crippen molar-refractivity contribution in [2.75, 3.05) is 12.8 Å². The number of hydrogen-bond donors (Lipinski definition) is 1. The zero-order chi connectivity index (χ0) is 12.0. The van der Waals surface area contributed by atoms with Crippen molar-refractivity contribution >= 4 is 10.0 Å². The molecule has 16 heavy (non-hydrogen) atoms. The smallest absolute Gasteiger partial charge is 0.208 e. The van der Waals surface area contributed by atoms with Crippen LogP contribution in [0.15, 0.2) is 30.3 Å². The predicted octanol–water partition coefficient (Wildman–Crippen LogP) is 1.80. The minimum atomic E-state index is -3.07. The molecule has 0 unspecified atom stereocenters. The van der Waals surface area contributed by atoms with Crippen molar-refractivity contribution in [2.45, 2.75) is 19.8 Å². The Morgan fingerprint density at radius 3 is 2.38 bits per heavy atom. The zero-order valence-corrected chi connectivity index (χ0v) is 10.6. The molecular weight excluding hydrogens is 222 g/mol. The Kier molecular flexibility index (Phi) is 4.96. The van der Waals surface area contributed by atoms with Crippen molar-refractivity contribution in [1.29, 1.82) is 0 Å². The molecule has 1 rings (SSSR count). The molecule has 0 aromatic heterocycles. The van der Waals surface area contributed by atoms with Crippen LogP contribution in [-0.4, -0.2) is 21.2 Å². The number of hydrogen-bond acceptors (Lipinski definition) is 2. The van der Waals surface area contributed by atoms with Gasteiger partial charge in [-0.1, -0.05) is 43.7 Å². The molecule has 0 aliphatic carbocycles. The Labute approximate surface area is 97.9 Å².